The number of nitrogens with one attached hydrogen (secondary N) is 2. The topological polar surface area (TPSA) is 106 Å². The first-order valence-electron chi connectivity index (χ1n) is 6.55. The first-order chi connectivity index (χ1) is 9.61. The summed E-state index contributed by atoms with van der Waals surface area (Å²) in [7, 11) is 0. The van der Waals surface area contributed by atoms with Crippen molar-refractivity contribution >= 4 is 28.5 Å². The van der Waals surface area contributed by atoms with Crippen LogP contribution in [-0.2, 0) is 16.0 Å². The first-order valence-corrected chi connectivity index (χ1v) is 7.37. The van der Waals surface area contributed by atoms with Gasteiger partial charge in [0.15, 0.2) is 5.13 Å². The number of primary amides is 1. The zero-order valence-corrected chi connectivity index (χ0v) is 12.1. The van der Waals surface area contributed by atoms with Crippen molar-refractivity contribution in [3.8, 4) is 0 Å². The van der Waals surface area contributed by atoms with Crippen LogP contribution < -0.4 is 16.4 Å². The quantitative estimate of drug-likeness (QED) is 0.532. The molecule has 0 aromatic carbocycles. The number of esters is 1. The minimum absolute atomic E-state index is 0.196. The summed E-state index contributed by atoms with van der Waals surface area (Å²) in [6.45, 7) is 3.16. The number of aromatic nitrogens is 1. The van der Waals surface area contributed by atoms with Crippen LogP contribution in [0.5, 0.6) is 0 Å². The standard InChI is InChI=1S/C12H18N4O3S/c1-2-19-10(17)7-3-4-8-9(7)16-12(20-8)15-6-5-14-11(13)18/h7H,2-6H2,1H3,(H,15,16)(H3,13,14,18). The Balaban J connectivity index is 1.91. The number of anilines is 1. The highest BCUT2D eigenvalue weighted by atomic mass is 32.1. The van der Waals surface area contributed by atoms with Gasteiger partial charge in [-0.3, -0.25) is 4.79 Å². The summed E-state index contributed by atoms with van der Waals surface area (Å²) >= 11 is 1.55. The van der Waals surface area contributed by atoms with Crippen LogP contribution in [0.25, 0.3) is 0 Å². The summed E-state index contributed by atoms with van der Waals surface area (Å²) in [4.78, 5) is 27.9. The van der Waals surface area contributed by atoms with E-state index in [2.05, 4.69) is 15.6 Å². The van der Waals surface area contributed by atoms with E-state index in [9.17, 15) is 9.59 Å². The molecule has 1 heterocycles. The number of amides is 2. The number of ether oxygens (including phenoxy) is 1. The van der Waals surface area contributed by atoms with E-state index >= 15 is 0 Å². The second-order valence-electron chi connectivity index (χ2n) is 4.39. The normalized spacial score (nSPS) is 16.6. The van der Waals surface area contributed by atoms with Gasteiger partial charge in [-0.1, -0.05) is 0 Å². The summed E-state index contributed by atoms with van der Waals surface area (Å²) in [6, 6.07) is -0.546. The zero-order chi connectivity index (χ0) is 14.5. The van der Waals surface area contributed by atoms with Crippen molar-refractivity contribution in [2.75, 3.05) is 25.0 Å². The largest absolute Gasteiger partial charge is 0.465 e. The molecule has 0 saturated carbocycles. The van der Waals surface area contributed by atoms with E-state index < -0.39 is 6.03 Å². The molecule has 0 radical (unpaired) electrons. The van der Waals surface area contributed by atoms with Gasteiger partial charge in [-0.25, -0.2) is 9.78 Å². The number of rotatable bonds is 6. The number of carbonyl (C=O) groups excluding carboxylic acids is 2. The molecule has 0 spiro atoms. The Hall–Kier alpha value is -1.83. The molecule has 20 heavy (non-hydrogen) atoms. The number of carbonyl (C=O) groups is 2. The third kappa shape index (κ3) is 3.38. The Morgan fingerprint density at radius 3 is 3.00 bits per heavy atom. The van der Waals surface area contributed by atoms with Crippen molar-refractivity contribution in [3.63, 3.8) is 0 Å². The van der Waals surface area contributed by atoms with E-state index in [1.54, 1.807) is 18.3 Å². The Morgan fingerprint density at radius 1 is 1.50 bits per heavy atom. The molecule has 1 aromatic rings. The van der Waals surface area contributed by atoms with Gasteiger partial charge in [0.05, 0.1) is 12.3 Å². The average molecular weight is 298 g/mol. The number of nitrogens with zero attached hydrogens (tertiary/aromatic N) is 1. The lowest BCUT2D eigenvalue weighted by molar-refractivity contribution is -0.145. The molecule has 0 fully saturated rings. The second-order valence-corrected chi connectivity index (χ2v) is 5.47. The lowest BCUT2D eigenvalue weighted by Gasteiger charge is -2.08. The van der Waals surface area contributed by atoms with Crippen LogP contribution in [0.2, 0.25) is 0 Å². The van der Waals surface area contributed by atoms with E-state index in [0.29, 0.717) is 19.7 Å². The highest BCUT2D eigenvalue weighted by Crippen LogP contribution is 2.38. The number of hydrogen-bond acceptors (Lipinski definition) is 6. The minimum Gasteiger partial charge on any atom is -0.465 e. The van der Waals surface area contributed by atoms with Crippen LogP contribution in [0.15, 0.2) is 0 Å². The van der Waals surface area contributed by atoms with Crippen molar-refractivity contribution in [2.24, 2.45) is 5.73 Å². The van der Waals surface area contributed by atoms with Crippen molar-refractivity contribution in [1.29, 1.82) is 0 Å². The number of aryl methyl sites for hydroxylation is 1. The lowest BCUT2D eigenvalue weighted by Crippen LogP contribution is -2.33. The van der Waals surface area contributed by atoms with Crippen LogP contribution in [0.3, 0.4) is 0 Å². The Bertz CT molecular complexity index is 503. The lowest BCUT2D eigenvalue weighted by atomic mass is 10.1. The molecule has 0 bridgehead atoms. The van der Waals surface area contributed by atoms with Crippen LogP contribution in [-0.4, -0.2) is 36.7 Å². The van der Waals surface area contributed by atoms with Crippen molar-refractivity contribution in [2.45, 2.75) is 25.7 Å². The van der Waals surface area contributed by atoms with Crippen molar-refractivity contribution in [3.05, 3.63) is 10.6 Å². The number of nitrogens with two attached hydrogens (primary N) is 1. The summed E-state index contributed by atoms with van der Waals surface area (Å²) in [6.07, 6.45) is 1.63. The van der Waals surface area contributed by atoms with Gasteiger partial charge in [0, 0.05) is 18.0 Å². The van der Waals surface area contributed by atoms with E-state index in [-0.39, 0.29) is 11.9 Å². The van der Waals surface area contributed by atoms with Crippen molar-refractivity contribution < 1.29 is 14.3 Å². The molecular formula is C12H18N4O3S. The molecule has 1 atom stereocenters. The van der Waals surface area contributed by atoms with Gasteiger partial charge in [-0.2, -0.15) is 0 Å². The predicted octanol–water partition coefficient (Wildman–Crippen LogP) is 0.816. The van der Waals surface area contributed by atoms with Crippen LogP contribution in [0.4, 0.5) is 9.93 Å². The molecule has 0 aliphatic heterocycles. The number of urea groups is 1. The van der Waals surface area contributed by atoms with Crippen LogP contribution in [0.1, 0.15) is 29.8 Å². The Kier molecular flexibility index (Phi) is 4.78. The molecule has 1 aliphatic rings. The Morgan fingerprint density at radius 2 is 2.30 bits per heavy atom. The number of thiazole rings is 1. The highest BCUT2D eigenvalue weighted by molar-refractivity contribution is 7.15. The maximum Gasteiger partial charge on any atom is 0.315 e. The molecular weight excluding hydrogens is 280 g/mol. The fourth-order valence-electron chi connectivity index (χ4n) is 2.13. The maximum atomic E-state index is 11.8. The average Bonchev–Trinajstić information content (AvgIpc) is 2.94. The molecule has 8 heteroatoms. The number of hydrogen-bond donors (Lipinski definition) is 3. The SMILES string of the molecule is CCOC(=O)C1CCc2sc(NCCNC(N)=O)nc21. The maximum absolute atomic E-state index is 11.8. The Labute approximate surface area is 120 Å². The molecule has 7 nitrogen and oxygen atoms in total. The van der Waals surface area contributed by atoms with E-state index in [1.165, 1.54) is 0 Å². The highest BCUT2D eigenvalue weighted by Gasteiger charge is 2.33. The van der Waals surface area contributed by atoms with Crippen LogP contribution in [0, 0.1) is 0 Å². The smallest absolute Gasteiger partial charge is 0.315 e. The van der Waals surface area contributed by atoms with Gasteiger partial charge in [0.1, 0.15) is 5.92 Å². The molecule has 1 unspecified atom stereocenters. The van der Waals surface area contributed by atoms with Gasteiger partial charge in [-0.15, -0.1) is 11.3 Å². The molecule has 110 valence electrons. The van der Waals surface area contributed by atoms with E-state index in [4.69, 9.17) is 10.5 Å². The minimum atomic E-state index is -0.546. The summed E-state index contributed by atoms with van der Waals surface area (Å²) in [5.74, 6) is -0.431. The second kappa shape index (κ2) is 6.56. The first kappa shape index (κ1) is 14.6. The van der Waals surface area contributed by atoms with Gasteiger partial charge in [0.2, 0.25) is 0 Å². The summed E-state index contributed by atoms with van der Waals surface area (Å²) in [5, 5.41) is 6.35. The molecule has 1 aliphatic carbocycles. The number of fused-ring (bicyclic) bond motifs is 1. The molecule has 0 saturated heterocycles. The predicted molar refractivity (Wildman–Crippen MR) is 75.9 cm³/mol. The molecule has 1 aromatic heterocycles. The fourth-order valence-corrected chi connectivity index (χ4v) is 3.19. The van der Waals surface area contributed by atoms with Gasteiger partial charge in [-0.05, 0) is 19.8 Å². The zero-order valence-electron chi connectivity index (χ0n) is 11.3. The van der Waals surface area contributed by atoms with E-state index in [1.807, 2.05) is 0 Å². The molecule has 4 N–H and O–H groups in total. The third-order valence-corrected chi connectivity index (χ3v) is 4.08. The van der Waals surface area contributed by atoms with E-state index in [0.717, 1.165) is 28.5 Å². The van der Waals surface area contributed by atoms with Gasteiger partial charge in [0.25, 0.3) is 0 Å². The van der Waals surface area contributed by atoms with Crippen LogP contribution >= 0.6 is 11.3 Å². The van der Waals surface area contributed by atoms with Gasteiger partial charge >= 0.3 is 12.0 Å². The molecule has 2 rings (SSSR count). The molecule has 2 amide bonds. The van der Waals surface area contributed by atoms with Crippen molar-refractivity contribution in [1.82, 2.24) is 10.3 Å². The summed E-state index contributed by atoms with van der Waals surface area (Å²) < 4.78 is 5.06. The summed E-state index contributed by atoms with van der Waals surface area (Å²) in [5.41, 5.74) is 5.80. The third-order valence-electron chi connectivity index (χ3n) is 2.99. The van der Waals surface area contributed by atoms with Gasteiger partial charge < -0.3 is 21.1 Å². The fraction of sp³-hybridized carbons (Fsp3) is 0.583. The monoisotopic (exact) mass is 298 g/mol.